The van der Waals surface area contributed by atoms with E-state index < -0.39 is 6.04 Å². The van der Waals surface area contributed by atoms with Gasteiger partial charge in [-0.25, -0.2) is 0 Å². The molecule has 0 saturated carbocycles. The number of methoxy groups -OCH3 is 1. The lowest BCUT2D eigenvalue weighted by atomic mass is 9.98. The van der Waals surface area contributed by atoms with Gasteiger partial charge in [0.1, 0.15) is 11.3 Å². The van der Waals surface area contributed by atoms with Gasteiger partial charge in [-0.1, -0.05) is 54.1 Å². The minimum atomic E-state index is -0.592. The van der Waals surface area contributed by atoms with Crippen LogP contribution < -0.4 is 10.2 Å². The number of para-hydroxylation sites is 1. The van der Waals surface area contributed by atoms with E-state index in [9.17, 15) is 9.59 Å². The van der Waals surface area contributed by atoms with Crippen LogP contribution in [-0.2, 0) is 6.54 Å². The monoisotopic (exact) mass is 431 g/mol. The number of hydrogen-bond donors (Lipinski definition) is 0. The van der Waals surface area contributed by atoms with Crippen LogP contribution in [0.25, 0.3) is 11.0 Å². The first-order valence-corrected chi connectivity index (χ1v) is 10.2. The highest BCUT2D eigenvalue weighted by Gasteiger charge is 2.42. The SMILES string of the molecule is COc1ccc([C@@H]2c3c(oc4ccccc4c3=O)C(=O)N2Cc2ccccc2Cl)cc1. The van der Waals surface area contributed by atoms with E-state index >= 15 is 0 Å². The van der Waals surface area contributed by atoms with E-state index in [1.165, 1.54) is 0 Å². The molecule has 1 aliphatic rings. The molecule has 3 aromatic carbocycles. The van der Waals surface area contributed by atoms with Crippen molar-refractivity contribution in [2.45, 2.75) is 12.6 Å². The van der Waals surface area contributed by atoms with E-state index in [-0.39, 0.29) is 23.6 Å². The number of nitrogens with zero attached hydrogens (tertiary/aromatic N) is 1. The number of fused-ring (bicyclic) bond motifs is 2. The van der Waals surface area contributed by atoms with Gasteiger partial charge in [0.05, 0.1) is 24.1 Å². The summed E-state index contributed by atoms with van der Waals surface area (Å²) in [5, 5.41) is 1.01. The number of benzene rings is 3. The average Bonchev–Trinajstić information content (AvgIpc) is 3.07. The fourth-order valence-corrected chi connectivity index (χ4v) is 4.27. The number of hydrogen-bond acceptors (Lipinski definition) is 4. The topological polar surface area (TPSA) is 59.8 Å². The predicted molar refractivity (Wildman–Crippen MR) is 119 cm³/mol. The van der Waals surface area contributed by atoms with Gasteiger partial charge in [0, 0.05) is 11.6 Å². The molecule has 0 radical (unpaired) electrons. The molecule has 0 unspecified atom stereocenters. The van der Waals surface area contributed by atoms with E-state index in [2.05, 4.69) is 0 Å². The fourth-order valence-electron chi connectivity index (χ4n) is 4.07. The minimum Gasteiger partial charge on any atom is -0.497 e. The summed E-state index contributed by atoms with van der Waals surface area (Å²) >= 11 is 6.37. The number of carbonyl (C=O) groups is 1. The summed E-state index contributed by atoms with van der Waals surface area (Å²) in [5.74, 6) is 0.437. The Morgan fingerprint density at radius 3 is 2.42 bits per heavy atom. The molecule has 0 bridgehead atoms. The van der Waals surface area contributed by atoms with Crippen molar-refractivity contribution in [3.63, 3.8) is 0 Å². The van der Waals surface area contributed by atoms with Crippen LogP contribution in [0.2, 0.25) is 5.02 Å². The number of amides is 1. The third-order valence-corrected chi connectivity index (χ3v) is 5.97. The van der Waals surface area contributed by atoms with E-state index in [1.54, 1.807) is 42.3 Å². The van der Waals surface area contributed by atoms with Crippen molar-refractivity contribution in [3.05, 3.63) is 110 Å². The second-order valence-corrected chi connectivity index (χ2v) is 7.78. The smallest absolute Gasteiger partial charge is 0.291 e. The van der Waals surface area contributed by atoms with Crippen molar-refractivity contribution >= 4 is 28.5 Å². The Labute approximate surface area is 183 Å². The zero-order chi connectivity index (χ0) is 21.5. The molecule has 1 aromatic heterocycles. The van der Waals surface area contributed by atoms with Crippen molar-refractivity contribution in [3.8, 4) is 5.75 Å². The zero-order valence-corrected chi connectivity index (χ0v) is 17.4. The fraction of sp³-hybridized carbons (Fsp3) is 0.120. The maximum Gasteiger partial charge on any atom is 0.291 e. The molecule has 2 heterocycles. The molecule has 5 rings (SSSR count). The Morgan fingerprint density at radius 1 is 0.968 bits per heavy atom. The lowest BCUT2D eigenvalue weighted by Crippen LogP contribution is -2.29. The normalized spacial score (nSPS) is 15.4. The molecule has 0 aliphatic carbocycles. The van der Waals surface area contributed by atoms with Gasteiger partial charge in [0.15, 0.2) is 5.43 Å². The average molecular weight is 432 g/mol. The van der Waals surface area contributed by atoms with Crippen LogP contribution in [0.3, 0.4) is 0 Å². The van der Waals surface area contributed by atoms with Gasteiger partial charge in [0.2, 0.25) is 5.76 Å². The summed E-state index contributed by atoms with van der Waals surface area (Å²) in [6.07, 6.45) is 0. The molecule has 0 N–H and O–H groups in total. The Bertz CT molecular complexity index is 1360. The van der Waals surface area contributed by atoms with E-state index in [1.807, 2.05) is 42.5 Å². The molecule has 1 amide bonds. The largest absolute Gasteiger partial charge is 0.497 e. The van der Waals surface area contributed by atoms with Gasteiger partial charge in [-0.2, -0.15) is 0 Å². The van der Waals surface area contributed by atoms with Crippen molar-refractivity contribution in [1.82, 2.24) is 4.90 Å². The number of ether oxygens (including phenoxy) is 1. The Morgan fingerprint density at radius 2 is 1.68 bits per heavy atom. The Balaban J connectivity index is 1.72. The molecule has 0 saturated heterocycles. The quantitative estimate of drug-likeness (QED) is 0.445. The molecule has 4 aromatic rings. The lowest BCUT2D eigenvalue weighted by molar-refractivity contribution is 0.0714. The Kier molecular flexibility index (Phi) is 4.75. The highest BCUT2D eigenvalue weighted by molar-refractivity contribution is 6.31. The second-order valence-electron chi connectivity index (χ2n) is 7.37. The van der Waals surface area contributed by atoms with Gasteiger partial charge in [-0.3, -0.25) is 9.59 Å². The van der Waals surface area contributed by atoms with Crippen LogP contribution in [0.1, 0.15) is 33.3 Å². The zero-order valence-electron chi connectivity index (χ0n) is 16.7. The van der Waals surface area contributed by atoms with Crippen molar-refractivity contribution in [2.75, 3.05) is 7.11 Å². The highest BCUT2D eigenvalue weighted by Crippen LogP contribution is 2.40. The third kappa shape index (κ3) is 3.18. The van der Waals surface area contributed by atoms with Crippen molar-refractivity contribution < 1.29 is 13.9 Å². The molecule has 154 valence electrons. The summed E-state index contributed by atoms with van der Waals surface area (Å²) in [6.45, 7) is 0.245. The molecule has 6 heteroatoms. The van der Waals surface area contributed by atoms with Gasteiger partial charge >= 0.3 is 0 Å². The summed E-state index contributed by atoms with van der Waals surface area (Å²) in [4.78, 5) is 28.5. The maximum absolute atomic E-state index is 13.4. The van der Waals surface area contributed by atoms with E-state index in [0.29, 0.717) is 27.3 Å². The lowest BCUT2D eigenvalue weighted by Gasteiger charge is -2.25. The minimum absolute atomic E-state index is 0.0802. The van der Waals surface area contributed by atoms with Crippen LogP contribution in [-0.4, -0.2) is 17.9 Å². The standard InChI is InChI=1S/C25H18ClNO4/c1-30-17-12-10-15(11-13-17)22-21-23(28)18-7-3-5-9-20(18)31-24(21)25(29)27(22)14-16-6-2-4-8-19(16)26/h2-13,22H,14H2,1H3/t22-/m1/s1. The maximum atomic E-state index is 13.4. The second kappa shape index (κ2) is 7.60. The van der Waals surface area contributed by atoms with Crippen molar-refractivity contribution in [1.29, 1.82) is 0 Å². The first-order valence-electron chi connectivity index (χ1n) is 9.82. The third-order valence-electron chi connectivity index (χ3n) is 5.60. The summed E-state index contributed by atoms with van der Waals surface area (Å²) in [5.41, 5.74) is 2.13. The molecule has 1 atom stereocenters. The molecular formula is C25H18ClNO4. The molecule has 5 nitrogen and oxygen atoms in total. The summed E-state index contributed by atoms with van der Waals surface area (Å²) in [7, 11) is 1.59. The van der Waals surface area contributed by atoms with Crippen LogP contribution >= 0.6 is 11.6 Å². The number of carbonyl (C=O) groups excluding carboxylic acids is 1. The first kappa shape index (κ1) is 19.4. The molecule has 0 fully saturated rings. The molecule has 0 spiro atoms. The van der Waals surface area contributed by atoms with E-state index in [4.69, 9.17) is 20.8 Å². The molecule has 31 heavy (non-hydrogen) atoms. The predicted octanol–water partition coefficient (Wildman–Crippen LogP) is 5.20. The van der Waals surface area contributed by atoms with Crippen molar-refractivity contribution in [2.24, 2.45) is 0 Å². The summed E-state index contributed by atoms with van der Waals surface area (Å²) in [6, 6.07) is 21.1. The van der Waals surface area contributed by atoms with Gasteiger partial charge in [-0.15, -0.1) is 0 Å². The number of halogens is 1. The van der Waals surface area contributed by atoms with Crippen LogP contribution in [0.4, 0.5) is 0 Å². The Hall–Kier alpha value is -3.57. The highest BCUT2D eigenvalue weighted by atomic mass is 35.5. The summed E-state index contributed by atoms with van der Waals surface area (Å²) < 4.78 is 11.2. The van der Waals surface area contributed by atoms with Crippen LogP contribution in [0.5, 0.6) is 5.75 Å². The molecule has 1 aliphatic heterocycles. The van der Waals surface area contributed by atoms with Crippen LogP contribution in [0.15, 0.2) is 82.0 Å². The number of rotatable bonds is 4. The first-order chi connectivity index (χ1) is 15.1. The van der Waals surface area contributed by atoms with E-state index in [0.717, 1.165) is 11.1 Å². The molecular weight excluding hydrogens is 414 g/mol. The van der Waals surface area contributed by atoms with Gasteiger partial charge in [-0.05, 0) is 41.5 Å². The van der Waals surface area contributed by atoms with Crippen LogP contribution in [0, 0.1) is 0 Å². The van der Waals surface area contributed by atoms with Gasteiger partial charge in [0.25, 0.3) is 5.91 Å². The van der Waals surface area contributed by atoms with Gasteiger partial charge < -0.3 is 14.1 Å².